The van der Waals surface area contributed by atoms with Gasteiger partial charge in [-0.3, -0.25) is 9.59 Å². The fourth-order valence-corrected chi connectivity index (χ4v) is 1.74. The number of ether oxygens (including phenoxy) is 1. The highest BCUT2D eigenvalue weighted by atomic mass is 19.4. The number of hydrogen-bond acceptors (Lipinski definition) is 3. The highest BCUT2D eigenvalue weighted by Gasteiger charge is 2.29. The summed E-state index contributed by atoms with van der Waals surface area (Å²) in [5.74, 6) is -0.650. The molecule has 0 atom stereocenters. The predicted molar refractivity (Wildman–Crippen MR) is 75.7 cm³/mol. The zero-order valence-electron chi connectivity index (χ0n) is 12.4. The molecule has 0 spiro atoms. The molecule has 0 saturated carbocycles. The summed E-state index contributed by atoms with van der Waals surface area (Å²) in [5, 5.41) is 0. The molecule has 0 amide bonds. The van der Waals surface area contributed by atoms with Crippen LogP contribution in [0.25, 0.3) is 6.08 Å². The van der Waals surface area contributed by atoms with Crippen molar-refractivity contribution in [2.45, 2.75) is 39.3 Å². The molecule has 0 radical (unpaired) electrons. The quantitative estimate of drug-likeness (QED) is 0.445. The predicted octanol–water partition coefficient (Wildman–Crippen LogP) is 4.37. The summed E-state index contributed by atoms with van der Waals surface area (Å²) in [5.41, 5.74) is -0.248. The highest BCUT2D eigenvalue weighted by Crippen LogP contribution is 2.29. The third-order valence-corrected chi connectivity index (χ3v) is 2.70. The Bertz CT molecular complexity index is 557. The summed E-state index contributed by atoms with van der Waals surface area (Å²) in [6.45, 7) is 3.15. The van der Waals surface area contributed by atoms with E-state index in [0.29, 0.717) is 24.2 Å². The van der Waals surface area contributed by atoms with Crippen molar-refractivity contribution in [1.29, 1.82) is 0 Å². The minimum Gasteiger partial charge on any atom is -0.431 e. The Hall–Kier alpha value is -2.11. The van der Waals surface area contributed by atoms with Gasteiger partial charge in [0, 0.05) is 6.42 Å². The molecular weight excluding hydrogens is 297 g/mol. The second-order valence-electron chi connectivity index (χ2n) is 4.83. The first kappa shape index (κ1) is 17.9. The van der Waals surface area contributed by atoms with Crippen molar-refractivity contribution in [3.63, 3.8) is 0 Å². The van der Waals surface area contributed by atoms with Gasteiger partial charge in [0.05, 0.1) is 5.56 Å². The lowest BCUT2D eigenvalue weighted by atomic mass is 10.1. The summed E-state index contributed by atoms with van der Waals surface area (Å²) >= 11 is 0. The lowest BCUT2D eigenvalue weighted by molar-refractivity contribution is -0.142. The summed E-state index contributed by atoms with van der Waals surface area (Å²) < 4.78 is 42.5. The third kappa shape index (κ3) is 6.11. The van der Waals surface area contributed by atoms with Crippen LogP contribution in [0.3, 0.4) is 0 Å². The minimum absolute atomic E-state index is 0.310. The van der Waals surface area contributed by atoms with Crippen LogP contribution in [-0.2, 0) is 20.5 Å². The van der Waals surface area contributed by atoms with Gasteiger partial charge in [-0.15, -0.1) is 0 Å². The monoisotopic (exact) mass is 314 g/mol. The van der Waals surface area contributed by atoms with Crippen LogP contribution < -0.4 is 0 Å². The van der Waals surface area contributed by atoms with E-state index in [2.05, 4.69) is 0 Å². The van der Waals surface area contributed by atoms with Crippen molar-refractivity contribution < 1.29 is 27.5 Å². The second kappa shape index (κ2) is 7.77. The van der Waals surface area contributed by atoms with Crippen molar-refractivity contribution in [1.82, 2.24) is 0 Å². The molecule has 0 aromatic heterocycles. The lowest BCUT2D eigenvalue weighted by Crippen LogP contribution is -2.08. The van der Waals surface area contributed by atoms with E-state index in [-0.39, 0.29) is 12.2 Å². The molecule has 1 rings (SSSR count). The van der Waals surface area contributed by atoms with Crippen LogP contribution >= 0.6 is 0 Å². The average Bonchev–Trinajstić information content (AvgIpc) is 2.37. The van der Waals surface area contributed by atoms with Gasteiger partial charge in [-0.05, 0) is 37.1 Å². The maximum absolute atomic E-state index is 12.5. The fourth-order valence-electron chi connectivity index (χ4n) is 1.74. The minimum atomic E-state index is -4.39. The Morgan fingerprint density at radius 3 is 2.23 bits per heavy atom. The molecule has 0 N–H and O–H groups in total. The number of halogens is 3. The Morgan fingerprint density at radius 1 is 1.18 bits per heavy atom. The molecule has 3 nitrogen and oxygen atoms in total. The van der Waals surface area contributed by atoms with Gasteiger partial charge in [-0.1, -0.05) is 19.1 Å². The molecular formula is C16H17F3O3. The standard InChI is InChI=1S/C16H17F3O3/c1-3-4-14(22-15(21)9-11(2)20)10-12-5-7-13(8-6-12)16(17,18)19/h5-8,10H,3-4,9H2,1-2H3/b14-10+. The van der Waals surface area contributed by atoms with E-state index in [1.165, 1.54) is 25.1 Å². The van der Waals surface area contributed by atoms with Crippen LogP contribution in [0.4, 0.5) is 13.2 Å². The summed E-state index contributed by atoms with van der Waals surface area (Å²) in [7, 11) is 0. The fraction of sp³-hybridized carbons (Fsp3) is 0.375. The number of Topliss-reactive ketones (excluding diaryl/α,β-unsaturated/α-hetero) is 1. The summed E-state index contributed by atoms with van der Waals surface area (Å²) in [4.78, 5) is 22.3. The molecule has 0 aliphatic rings. The molecule has 0 fully saturated rings. The van der Waals surface area contributed by atoms with E-state index in [4.69, 9.17) is 4.74 Å². The summed E-state index contributed by atoms with van der Waals surface area (Å²) in [6, 6.07) is 4.54. The number of allylic oxidation sites excluding steroid dienone is 1. The zero-order valence-corrected chi connectivity index (χ0v) is 12.4. The Balaban J connectivity index is 2.88. The molecule has 0 unspecified atom stereocenters. The van der Waals surface area contributed by atoms with E-state index < -0.39 is 17.7 Å². The molecule has 120 valence electrons. The normalized spacial score (nSPS) is 12.1. The average molecular weight is 314 g/mol. The summed E-state index contributed by atoms with van der Waals surface area (Å²) in [6.07, 6.45) is -2.07. The molecule has 1 aromatic carbocycles. The van der Waals surface area contributed by atoms with E-state index in [1.807, 2.05) is 6.92 Å². The van der Waals surface area contributed by atoms with E-state index in [0.717, 1.165) is 12.1 Å². The molecule has 6 heteroatoms. The van der Waals surface area contributed by atoms with Crippen LogP contribution in [0.2, 0.25) is 0 Å². The van der Waals surface area contributed by atoms with Crippen LogP contribution in [0.5, 0.6) is 0 Å². The number of alkyl halides is 3. The van der Waals surface area contributed by atoms with Gasteiger partial charge < -0.3 is 4.74 Å². The molecule has 0 aliphatic heterocycles. The van der Waals surface area contributed by atoms with Crippen LogP contribution in [0.15, 0.2) is 30.0 Å². The van der Waals surface area contributed by atoms with Gasteiger partial charge in [0.15, 0.2) is 0 Å². The Morgan fingerprint density at radius 2 is 1.77 bits per heavy atom. The van der Waals surface area contributed by atoms with E-state index >= 15 is 0 Å². The number of carbonyl (C=O) groups excluding carboxylic acids is 2. The maximum atomic E-state index is 12.5. The number of carbonyl (C=O) groups is 2. The third-order valence-electron chi connectivity index (χ3n) is 2.70. The largest absolute Gasteiger partial charge is 0.431 e. The molecule has 0 aliphatic carbocycles. The van der Waals surface area contributed by atoms with Gasteiger partial charge in [0.25, 0.3) is 0 Å². The molecule has 1 aromatic rings. The number of rotatable bonds is 6. The highest BCUT2D eigenvalue weighted by molar-refractivity contribution is 5.94. The van der Waals surface area contributed by atoms with E-state index in [1.54, 1.807) is 0 Å². The van der Waals surface area contributed by atoms with Crippen LogP contribution in [-0.4, -0.2) is 11.8 Å². The smallest absolute Gasteiger partial charge is 0.416 e. The van der Waals surface area contributed by atoms with Gasteiger partial charge in [0.2, 0.25) is 0 Å². The van der Waals surface area contributed by atoms with Crippen molar-refractivity contribution in [2.24, 2.45) is 0 Å². The van der Waals surface area contributed by atoms with E-state index in [9.17, 15) is 22.8 Å². The van der Waals surface area contributed by atoms with Gasteiger partial charge in [-0.2, -0.15) is 13.2 Å². The molecule has 0 bridgehead atoms. The topological polar surface area (TPSA) is 43.4 Å². The molecule has 22 heavy (non-hydrogen) atoms. The van der Waals surface area contributed by atoms with Gasteiger partial charge in [-0.25, -0.2) is 0 Å². The Labute approximate surface area is 126 Å². The number of hydrogen-bond donors (Lipinski definition) is 0. The number of benzene rings is 1. The lowest BCUT2D eigenvalue weighted by Gasteiger charge is -2.09. The van der Waals surface area contributed by atoms with Gasteiger partial charge >= 0.3 is 12.1 Å². The van der Waals surface area contributed by atoms with Crippen LogP contribution in [0.1, 0.15) is 44.2 Å². The Kier molecular flexibility index (Phi) is 6.34. The number of ketones is 1. The van der Waals surface area contributed by atoms with Crippen molar-refractivity contribution in [3.8, 4) is 0 Å². The SMILES string of the molecule is CCC/C(=C\c1ccc(C(F)(F)F)cc1)OC(=O)CC(C)=O. The first-order valence-corrected chi connectivity index (χ1v) is 6.80. The number of esters is 1. The van der Waals surface area contributed by atoms with Gasteiger partial charge in [0.1, 0.15) is 18.0 Å². The maximum Gasteiger partial charge on any atom is 0.416 e. The van der Waals surface area contributed by atoms with Crippen LogP contribution in [0, 0.1) is 0 Å². The first-order chi connectivity index (χ1) is 10.2. The van der Waals surface area contributed by atoms with Crippen molar-refractivity contribution in [2.75, 3.05) is 0 Å². The van der Waals surface area contributed by atoms with Crippen molar-refractivity contribution >= 4 is 17.8 Å². The second-order valence-corrected chi connectivity index (χ2v) is 4.83. The van der Waals surface area contributed by atoms with Crippen molar-refractivity contribution in [3.05, 3.63) is 41.2 Å². The zero-order chi connectivity index (χ0) is 16.8. The molecule has 0 heterocycles. The molecule has 0 saturated heterocycles. The first-order valence-electron chi connectivity index (χ1n) is 6.80.